The zero-order valence-corrected chi connectivity index (χ0v) is 95.6. The summed E-state index contributed by atoms with van der Waals surface area (Å²) in [5, 5.41) is 48.8. The van der Waals surface area contributed by atoms with Gasteiger partial charge in [0.1, 0.15) is 74.9 Å². The van der Waals surface area contributed by atoms with E-state index in [2.05, 4.69) is 134 Å². The number of nitrogens with zero attached hydrogens (tertiary/aromatic N) is 4. The fourth-order valence-electron chi connectivity index (χ4n) is 18.0. The molecule has 41 heteroatoms. The lowest BCUT2D eigenvalue weighted by molar-refractivity contribution is -0.159. The monoisotopic (exact) mass is 2170 g/mol. The molecule has 1 aliphatic carbocycles. The highest BCUT2D eigenvalue weighted by Gasteiger charge is 2.75. The minimum Gasteiger partial charge on any atom is -0.505 e. The molecule has 34 nitrogen and oxygen atoms in total. The van der Waals surface area contributed by atoms with Crippen LogP contribution in [0.3, 0.4) is 0 Å². The van der Waals surface area contributed by atoms with Gasteiger partial charge in [0.15, 0.2) is 22.2 Å². The van der Waals surface area contributed by atoms with Crippen molar-refractivity contribution < 1.29 is 122 Å². The molecule has 3 aliphatic heterocycles. The Balaban J connectivity index is 0.000000200. The minimum absolute atomic E-state index is 0.0682. The van der Waals surface area contributed by atoms with Crippen LogP contribution >= 0.6 is 27.2 Å². The van der Waals surface area contributed by atoms with Crippen LogP contribution in [0.4, 0.5) is 15.3 Å². The number of ether oxygens (including phenoxy) is 3. The van der Waals surface area contributed by atoms with Gasteiger partial charge in [-0.2, -0.15) is 9.13 Å². The molecule has 4 fully saturated rings. The number of carbonyl (C=O) groups is 8. The number of epoxide rings is 1. The van der Waals surface area contributed by atoms with Crippen molar-refractivity contribution in [2.75, 3.05) is 26.6 Å². The fraction of sp³-hybridized carbons (Fsp3) is 0.421. The smallest absolute Gasteiger partial charge is 0.505 e. The molecular formula is C107H144ClN8O26P2Si4. The van der Waals surface area contributed by atoms with Crippen LogP contribution in [0, 0.1) is 47.3 Å². The third kappa shape index (κ3) is 32.4. The van der Waals surface area contributed by atoms with E-state index in [4.69, 9.17) is 71.1 Å². The molecule has 8 N–H and O–H groups in total. The number of phenols is 1. The summed E-state index contributed by atoms with van der Waals surface area (Å²) in [5.74, 6) is -0.628. The number of fused-ring (bicyclic) bond motifs is 5. The van der Waals surface area contributed by atoms with E-state index in [-0.39, 0.29) is 101 Å². The number of aromatic carboxylic acids is 1. The molecule has 11 aromatic rings. The summed E-state index contributed by atoms with van der Waals surface area (Å²) in [6.45, 7) is 44.1. The highest BCUT2D eigenvalue weighted by atomic mass is 35.5. The van der Waals surface area contributed by atoms with Gasteiger partial charge < -0.3 is 100 Å². The molecule has 801 valence electrons. The summed E-state index contributed by atoms with van der Waals surface area (Å²) >= 11 is 6.00. The highest BCUT2D eigenvalue weighted by Crippen LogP contribution is 2.62. The number of urea groups is 2. The van der Waals surface area contributed by atoms with Gasteiger partial charge in [-0.25, -0.2) is 14.4 Å². The number of para-hydroxylation sites is 4. The quantitative estimate of drug-likeness (QED) is 0.00782. The number of aliphatic carboxylic acids is 2. The summed E-state index contributed by atoms with van der Waals surface area (Å²) in [7, 11) is -11.1. The summed E-state index contributed by atoms with van der Waals surface area (Å²) in [4.78, 5) is 94.1. The molecule has 2 aromatic heterocycles. The average Bonchev–Trinajstić information content (AvgIpc) is 1.51. The Morgan fingerprint density at radius 1 is 0.574 bits per heavy atom. The number of anilines is 1. The van der Waals surface area contributed by atoms with E-state index in [0.717, 1.165) is 58.2 Å². The lowest BCUT2D eigenvalue weighted by Gasteiger charge is -2.38. The van der Waals surface area contributed by atoms with Crippen molar-refractivity contribution in [2.24, 2.45) is 33.5 Å². The Morgan fingerprint density at radius 3 is 1.44 bits per heavy atom. The molecule has 9 aromatic carbocycles. The van der Waals surface area contributed by atoms with Crippen molar-refractivity contribution in [3.8, 4) is 45.9 Å². The number of benzene rings is 9. The molecule has 15 rings (SSSR count). The van der Waals surface area contributed by atoms with Crippen LogP contribution in [0.15, 0.2) is 231 Å². The molecule has 3 saturated heterocycles. The molecule has 10 unspecified atom stereocenters. The van der Waals surface area contributed by atoms with Gasteiger partial charge in [0.05, 0.1) is 41.4 Å². The number of carbonyl (C=O) groups excluding carboxylic acids is 5. The Labute approximate surface area is 877 Å². The maximum atomic E-state index is 13.8. The number of esters is 2. The Kier molecular flexibility index (Phi) is 40.6. The largest absolute Gasteiger partial charge is 0.647 e. The third-order valence-electron chi connectivity index (χ3n) is 25.4. The average molecular weight is 2170 g/mol. The number of amides is 5. The topological polar surface area (TPSA) is 431 Å². The first-order chi connectivity index (χ1) is 69.3. The molecule has 4 aliphatic rings. The number of aromatic nitrogens is 3. The second kappa shape index (κ2) is 50.4. The van der Waals surface area contributed by atoms with E-state index in [1.807, 2.05) is 79.0 Å². The number of hydrogen-bond acceptors (Lipinski definition) is 23. The number of methoxy groups -OCH3 is 2. The van der Waals surface area contributed by atoms with Crippen molar-refractivity contribution in [3.05, 3.63) is 258 Å². The number of aryl methyl sites for hydroxylation is 2. The summed E-state index contributed by atoms with van der Waals surface area (Å²) in [6, 6.07) is 67.3. The zero-order valence-electron chi connectivity index (χ0n) is 89.0. The lowest BCUT2D eigenvalue weighted by Crippen LogP contribution is -2.52. The van der Waals surface area contributed by atoms with Crippen molar-refractivity contribution in [2.45, 2.75) is 236 Å². The van der Waals surface area contributed by atoms with Crippen molar-refractivity contribution in [1.29, 1.82) is 0 Å². The van der Waals surface area contributed by atoms with Crippen LogP contribution in [0.5, 0.6) is 40.2 Å². The maximum absolute atomic E-state index is 13.8. The Morgan fingerprint density at radius 2 is 1.02 bits per heavy atom. The first-order valence-electron chi connectivity index (χ1n) is 49.0. The minimum atomic E-state index is -4.25. The molecule has 0 bridgehead atoms. The number of carboxylic acids is 3. The number of likely N-dealkylation sites (N-methyl/N-ethyl adjacent to an activating group) is 1. The summed E-state index contributed by atoms with van der Waals surface area (Å²) < 4.78 is 101. The molecule has 148 heavy (non-hydrogen) atoms. The molecule has 10 atom stereocenters. The molecule has 1 radical (unpaired) electrons. The van der Waals surface area contributed by atoms with E-state index < -0.39 is 95.3 Å². The van der Waals surface area contributed by atoms with Gasteiger partial charge in [-0.05, 0) is 303 Å². The number of rotatable bonds is 36. The van der Waals surface area contributed by atoms with Crippen molar-refractivity contribution in [1.82, 2.24) is 34.9 Å². The van der Waals surface area contributed by atoms with Gasteiger partial charge in [0.2, 0.25) is 0 Å². The SMILES string of the molecule is CC(C[Si](C)(O[Si](C)O[Si](C)(C)C)O[Si](C)(C)C)c1ccccc1.CCC(C)(CC(C)(C)C(=O)OC)C(=O)O.CCC(C)(CC(C)(C)C(=O)OC)C(=O)O.CCC1(C(=O)Nc2cccc(C(=O)O)c2)OC12CCC(C)CC2C.CN1C(=O)NC2NC(=O)NC21.Cc1cc(C)c(O)c(-n2n3c4ccc(Cl)cc4n23)c1.O=P(Oc1ccccc1)(Oc1ccccc1)Oc1cccc(OP(=O)(Oc2ccccc2)Oc2ccccc2)c1. The molecule has 5 heterocycles. The normalized spacial score (nSPS) is 18.7. The molecule has 1 spiro atoms. The highest BCUT2D eigenvalue weighted by molar-refractivity contribution is 7.50. The number of aromatic hydroxyl groups is 1. The molecule has 1 saturated carbocycles. The van der Waals surface area contributed by atoms with Gasteiger partial charge in [-0.1, -0.05) is 174 Å². The molecular weight excluding hydrogens is 2020 g/mol. The number of phenolic OH excluding ortho intramolecular Hbond substituents is 1. The van der Waals surface area contributed by atoms with Crippen molar-refractivity contribution >= 4 is 126 Å². The van der Waals surface area contributed by atoms with E-state index in [1.54, 1.807) is 188 Å². The van der Waals surface area contributed by atoms with Crippen LogP contribution in [-0.2, 0) is 59.7 Å². The lowest BCUT2D eigenvalue weighted by atomic mass is 9.69. The third-order valence-corrected chi connectivity index (χ3v) is 40.2. The van der Waals surface area contributed by atoms with Crippen LogP contribution in [0.2, 0.25) is 63.4 Å². The maximum Gasteiger partial charge on any atom is 0.647 e. The van der Waals surface area contributed by atoms with E-state index >= 15 is 0 Å². The van der Waals surface area contributed by atoms with E-state index in [1.165, 1.54) is 55.0 Å². The molecule has 5 amide bonds. The van der Waals surface area contributed by atoms with Crippen LogP contribution in [0.25, 0.3) is 16.7 Å². The van der Waals surface area contributed by atoms with Crippen LogP contribution in [-0.4, -0.2) is 166 Å². The number of phosphoric acid groups is 2. The van der Waals surface area contributed by atoms with Crippen molar-refractivity contribution in [3.63, 3.8) is 0 Å². The summed E-state index contributed by atoms with van der Waals surface area (Å²) in [5.41, 5.74) is 2.54. The van der Waals surface area contributed by atoms with E-state index in [9.17, 15) is 52.6 Å². The second-order valence-electron chi connectivity index (χ2n) is 41.2. The van der Waals surface area contributed by atoms with E-state index in [0.29, 0.717) is 48.5 Å². The van der Waals surface area contributed by atoms with Crippen LogP contribution in [0.1, 0.15) is 167 Å². The Bertz CT molecular complexity index is 6160. The number of phosphoric ester groups is 2. The number of nitrogens with one attached hydrogen (secondary N) is 4. The predicted octanol–water partition coefficient (Wildman–Crippen LogP) is 24.5. The van der Waals surface area contributed by atoms with Gasteiger partial charge in [0.25, 0.3) is 5.91 Å². The second-order valence-corrected chi connectivity index (χ2v) is 59.1. The number of carboxylic acid groups (broad SMARTS) is 3. The van der Waals surface area contributed by atoms with Crippen LogP contribution < -0.4 is 48.4 Å². The van der Waals surface area contributed by atoms with Gasteiger partial charge >= 0.3 is 75.4 Å². The first-order valence-corrected chi connectivity index (χ1v) is 63.4. The number of hydrogen-bond donors (Lipinski definition) is 8. The zero-order chi connectivity index (χ0) is 110. The number of halogens is 1. The fourth-order valence-corrected chi connectivity index (χ4v) is 34.8. The standard InChI is InChI=1S/C30H24O8P2.C19H25NO4.C17H35O3Si4.C14H12ClN3O.2C11H20O4.C5H8N4O2/c31-39(33-25-14-5-1-6-15-25,34-26-16-7-2-8-17-26)37-29-22-13-23-30(24-29)38-40(32,35-27-18-9-3-10-19-27)36-28-20-11-4-12-21-28;1-4-18(19(24-18)9-8-12(2)10-13(19)3)17(23)20-15-7-5-6-14(11-15)16(21)22;1-16(17-13-11-10-12-14-17)15-24(9,20-23(6,7)8)19-21(2)18-22(3,4)5;1-8-5-9(2)14(19)13(6-8)18-16-11-4-3-10(15)7-12(11)17(16)18;2*1-6-11(4,8(12)13)7-10(2,3)9(14)15-5;1-9-3-2(7-5(9)11)6-4(10)8-3/h1-24H;5-7,11-13H,4,8-10H2,1-3H3,(H,20,23)(H,21,22);10-14,16H,15H2,1-9H3;3-7,19H,1-2H3;2*6-7H2,1-5H3,(H,12,13);2-3H,1H3,(H,7,11)(H2,6,8,10). The predicted molar refractivity (Wildman–Crippen MR) is 579 cm³/mol. The van der Waals surface area contributed by atoms with Gasteiger partial charge in [-0.15, -0.1) is 14.1 Å². The van der Waals surface area contributed by atoms with Gasteiger partial charge in [0, 0.05) is 23.8 Å². The van der Waals surface area contributed by atoms with Gasteiger partial charge in [-0.3, -0.25) is 24.0 Å². The first kappa shape index (κ1) is 119. The summed E-state index contributed by atoms with van der Waals surface area (Å²) in [6.07, 6.45) is 4.69. The Hall–Kier alpha value is -12.2.